The van der Waals surface area contributed by atoms with Crippen LogP contribution < -0.4 is 9.86 Å². The molecular weight excluding hydrogens is 351 g/mol. The first kappa shape index (κ1) is 15.5. The quantitative estimate of drug-likeness (QED) is 0.779. The van der Waals surface area contributed by atoms with Crippen LogP contribution in [0.15, 0.2) is 27.6 Å². The highest BCUT2D eigenvalue weighted by Gasteiger charge is 2.18. The minimum absolute atomic E-state index is 0.0469. The summed E-state index contributed by atoms with van der Waals surface area (Å²) in [5, 5.41) is 4.73. The van der Waals surface area contributed by atoms with Crippen molar-refractivity contribution in [1.82, 2.24) is 4.72 Å². The molecule has 3 N–H and O–H groups in total. The van der Waals surface area contributed by atoms with Crippen LogP contribution in [0.5, 0.6) is 0 Å². The third-order valence-corrected chi connectivity index (χ3v) is 5.07. The van der Waals surface area contributed by atoms with Gasteiger partial charge in [-0.1, -0.05) is 0 Å². The molecule has 102 valence electrons. The second-order valence-corrected chi connectivity index (χ2v) is 7.66. The van der Waals surface area contributed by atoms with Crippen LogP contribution in [-0.2, 0) is 20.0 Å². The Morgan fingerprint density at radius 3 is 2.39 bits per heavy atom. The first-order chi connectivity index (χ1) is 8.12. The molecular formula is C8H10BrFN2O4S2. The normalized spacial score (nSPS) is 12.6. The average molecular weight is 361 g/mol. The number of nitrogens with two attached hydrogens (primary N) is 1. The second-order valence-electron chi connectivity index (χ2n) is 3.34. The lowest BCUT2D eigenvalue weighted by atomic mass is 10.3. The molecule has 0 amide bonds. The molecule has 0 aliphatic carbocycles. The molecule has 0 atom stereocenters. The van der Waals surface area contributed by atoms with Crippen LogP contribution in [0.25, 0.3) is 0 Å². The Hall–Kier alpha value is -0.550. The van der Waals surface area contributed by atoms with Crippen LogP contribution in [0.4, 0.5) is 4.39 Å². The first-order valence-electron chi connectivity index (χ1n) is 4.57. The maximum Gasteiger partial charge on any atom is 0.241 e. The highest BCUT2D eigenvalue weighted by Crippen LogP contribution is 2.22. The molecule has 0 fully saturated rings. The third kappa shape index (κ3) is 4.61. The van der Waals surface area contributed by atoms with Crippen molar-refractivity contribution < 1.29 is 21.2 Å². The molecule has 0 saturated carbocycles. The molecule has 0 aliphatic rings. The van der Waals surface area contributed by atoms with Crippen molar-refractivity contribution in [2.75, 3.05) is 12.3 Å². The lowest BCUT2D eigenvalue weighted by molar-refractivity contribution is 0.580. The van der Waals surface area contributed by atoms with E-state index in [4.69, 9.17) is 5.14 Å². The van der Waals surface area contributed by atoms with E-state index < -0.39 is 31.6 Å². The largest absolute Gasteiger partial charge is 0.241 e. The van der Waals surface area contributed by atoms with E-state index in [1.54, 1.807) is 0 Å². The Morgan fingerprint density at radius 1 is 1.28 bits per heavy atom. The minimum atomic E-state index is -3.91. The van der Waals surface area contributed by atoms with Crippen LogP contribution in [-0.4, -0.2) is 29.1 Å². The Kier molecular flexibility index (Phi) is 4.84. The van der Waals surface area contributed by atoms with Gasteiger partial charge in [0.1, 0.15) is 5.82 Å². The van der Waals surface area contributed by atoms with Crippen molar-refractivity contribution in [3.8, 4) is 0 Å². The maximum absolute atomic E-state index is 12.8. The van der Waals surface area contributed by atoms with Gasteiger partial charge in [0.25, 0.3) is 0 Å². The molecule has 0 bridgehead atoms. The molecule has 1 aromatic rings. The van der Waals surface area contributed by atoms with Gasteiger partial charge < -0.3 is 0 Å². The zero-order valence-corrected chi connectivity index (χ0v) is 12.1. The van der Waals surface area contributed by atoms with Gasteiger partial charge in [-0.05, 0) is 34.1 Å². The highest BCUT2D eigenvalue weighted by atomic mass is 79.9. The predicted octanol–water partition coefficient (Wildman–Crippen LogP) is 0.155. The van der Waals surface area contributed by atoms with Gasteiger partial charge in [0, 0.05) is 11.0 Å². The molecule has 18 heavy (non-hydrogen) atoms. The van der Waals surface area contributed by atoms with Crippen LogP contribution in [0.2, 0.25) is 0 Å². The van der Waals surface area contributed by atoms with Gasteiger partial charge in [0.15, 0.2) is 0 Å². The molecule has 0 heterocycles. The molecule has 0 aliphatic heterocycles. The molecule has 0 unspecified atom stereocenters. The van der Waals surface area contributed by atoms with Gasteiger partial charge in [-0.2, -0.15) is 0 Å². The summed E-state index contributed by atoms with van der Waals surface area (Å²) in [5.74, 6) is -1.12. The van der Waals surface area contributed by atoms with E-state index in [0.717, 1.165) is 18.2 Å². The Bertz CT molecular complexity index is 645. The summed E-state index contributed by atoms with van der Waals surface area (Å²) in [4.78, 5) is -0.182. The fourth-order valence-electron chi connectivity index (χ4n) is 1.09. The van der Waals surface area contributed by atoms with E-state index in [-0.39, 0.29) is 15.9 Å². The second kappa shape index (κ2) is 5.61. The topological polar surface area (TPSA) is 106 Å². The first-order valence-corrected chi connectivity index (χ1v) is 8.56. The van der Waals surface area contributed by atoms with Crippen LogP contribution in [0.1, 0.15) is 0 Å². The summed E-state index contributed by atoms with van der Waals surface area (Å²) < 4.78 is 59.7. The summed E-state index contributed by atoms with van der Waals surface area (Å²) >= 11 is 2.91. The van der Waals surface area contributed by atoms with Gasteiger partial charge in [-0.25, -0.2) is 31.1 Å². The van der Waals surface area contributed by atoms with Crippen LogP contribution in [0, 0.1) is 5.82 Å². The zero-order chi connectivity index (χ0) is 14.0. The summed E-state index contributed by atoms with van der Waals surface area (Å²) in [7, 11) is -7.66. The highest BCUT2D eigenvalue weighted by molar-refractivity contribution is 9.10. The third-order valence-electron chi connectivity index (χ3n) is 1.86. The molecule has 0 radical (unpaired) electrons. The van der Waals surface area contributed by atoms with Gasteiger partial charge >= 0.3 is 0 Å². The minimum Gasteiger partial charge on any atom is -0.229 e. The van der Waals surface area contributed by atoms with Crippen molar-refractivity contribution in [3.05, 3.63) is 28.5 Å². The van der Waals surface area contributed by atoms with Crippen molar-refractivity contribution >= 4 is 36.0 Å². The van der Waals surface area contributed by atoms with E-state index in [9.17, 15) is 21.2 Å². The number of hydrogen-bond acceptors (Lipinski definition) is 4. The van der Waals surface area contributed by atoms with Crippen molar-refractivity contribution in [1.29, 1.82) is 0 Å². The molecule has 6 nitrogen and oxygen atoms in total. The number of benzene rings is 1. The van der Waals surface area contributed by atoms with Gasteiger partial charge in [0.2, 0.25) is 20.0 Å². The number of primary sulfonamides is 1. The standard InChI is InChI=1S/C8H10BrFN2O4S2/c9-7-5-6(10)1-2-8(7)18(15,16)12-3-4-17(11,13)14/h1-2,5,12H,3-4H2,(H2,11,13,14). The number of hydrogen-bond donors (Lipinski definition) is 2. The maximum atomic E-state index is 12.8. The molecule has 0 aromatic heterocycles. The lowest BCUT2D eigenvalue weighted by Crippen LogP contribution is -2.31. The van der Waals surface area contributed by atoms with E-state index in [1.165, 1.54) is 0 Å². The predicted molar refractivity (Wildman–Crippen MR) is 67.3 cm³/mol. The number of sulfonamides is 2. The molecule has 1 rings (SSSR count). The molecule has 10 heteroatoms. The zero-order valence-electron chi connectivity index (χ0n) is 8.93. The van der Waals surface area contributed by atoms with Crippen LogP contribution >= 0.6 is 15.9 Å². The summed E-state index contributed by atoms with van der Waals surface area (Å²) in [6, 6.07) is 3.05. The van der Waals surface area contributed by atoms with E-state index >= 15 is 0 Å². The molecule has 0 spiro atoms. The van der Waals surface area contributed by atoms with E-state index in [0.29, 0.717) is 0 Å². The van der Waals surface area contributed by atoms with Crippen LogP contribution in [0.3, 0.4) is 0 Å². The van der Waals surface area contributed by atoms with Crippen molar-refractivity contribution in [2.45, 2.75) is 4.90 Å². The SMILES string of the molecule is NS(=O)(=O)CCNS(=O)(=O)c1ccc(F)cc1Br. The van der Waals surface area contributed by atoms with E-state index in [2.05, 4.69) is 20.7 Å². The molecule has 0 saturated heterocycles. The fourth-order valence-corrected chi connectivity index (χ4v) is 3.68. The Morgan fingerprint density at radius 2 is 1.89 bits per heavy atom. The van der Waals surface area contributed by atoms with Gasteiger partial charge in [0.05, 0.1) is 10.6 Å². The summed E-state index contributed by atoms with van der Waals surface area (Å²) in [6.07, 6.45) is 0. The Labute approximate surface area is 113 Å². The van der Waals surface area contributed by atoms with Crippen molar-refractivity contribution in [2.24, 2.45) is 5.14 Å². The number of nitrogens with one attached hydrogen (secondary N) is 1. The molecule has 1 aromatic carbocycles. The van der Waals surface area contributed by atoms with Gasteiger partial charge in [-0.3, -0.25) is 0 Å². The fraction of sp³-hybridized carbons (Fsp3) is 0.250. The summed E-state index contributed by atoms with van der Waals surface area (Å²) in [5.41, 5.74) is 0. The smallest absolute Gasteiger partial charge is 0.229 e. The van der Waals surface area contributed by atoms with E-state index in [1.807, 2.05) is 0 Å². The number of halogens is 2. The summed E-state index contributed by atoms with van der Waals surface area (Å²) in [6.45, 7) is -0.356. The Balaban J connectivity index is 2.87. The number of rotatable bonds is 5. The van der Waals surface area contributed by atoms with Gasteiger partial charge in [-0.15, -0.1) is 0 Å². The van der Waals surface area contributed by atoms with Crippen molar-refractivity contribution in [3.63, 3.8) is 0 Å². The monoisotopic (exact) mass is 360 g/mol. The lowest BCUT2D eigenvalue weighted by Gasteiger charge is -2.07. The average Bonchev–Trinajstić information content (AvgIpc) is 2.13.